The highest BCUT2D eigenvalue weighted by molar-refractivity contribution is 9.10. The van der Waals surface area contributed by atoms with Crippen LogP contribution in [0.1, 0.15) is 43.6 Å². The lowest BCUT2D eigenvalue weighted by Gasteiger charge is -2.32. The first-order valence-electron chi connectivity index (χ1n) is 7.45. The predicted molar refractivity (Wildman–Crippen MR) is 86.0 cm³/mol. The third-order valence-corrected chi connectivity index (χ3v) is 5.10. The Morgan fingerprint density at radius 2 is 2.05 bits per heavy atom. The van der Waals surface area contributed by atoms with Crippen molar-refractivity contribution in [2.24, 2.45) is 5.73 Å². The van der Waals surface area contributed by atoms with Gasteiger partial charge in [-0.15, -0.1) is 0 Å². The first kappa shape index (κ1) is 14.7. The second-order valence-electron chi connectivity index (χ2n) is 5.95. The molecule has 1 heterocycles. The van der Waals surface area contributed by atoms with E-state index in [1.165, 1.54) is 24.8 Å². The fourth-order valence-corrected chi connectivity index (χ4v) is 3.75. The van der Waals surface area contributed by atoms with Crippen LogP contribution in [-0.2, 0) is 5.41 Å². The van der Waals surface area contributed by atoms with Crippen LogP contribution in [0, 0.1) is 6.92 Å². The summed E-state index contributed by atoms with van der Waals surface area (Å²) in [5.74, 6) is 1.34. The Bertz CT molecular complexity index is 632. The Kier molecular flexibility index (Phi) is 4.13. The monoisotopic (exact) mass is 349 g/mol. The van der Waals surface area contributed by atoms with Crippen molar-refractivity contribution < 1.29 is 4.52 Å². The number of aryl methyl sites for hydroxylation is 1. The summed E-state index contributed by atoms with van der Waals surface area (Å²) in [6.45, 7) is 2.63. The molecule has 0 spiro atoms. The minimum Gasteiger partial charge on any atom is -0.338 e. The highest BCUT2D eigenvalue weighted by Gasteiger charge is 2.38. The van der Waals surface area contributed by atoms with E-state index in [0.717, 1.165) is 22.9 Å². The van der Waals surface area contributed by atoms with Crippen molar-refractivity contribution in [1.29, 1.82) is 0 Å². The second kappa shape index (κ2) is 5.89. The Balaban J connectivity index is 1.95. The molecule has 0 unspecified atom stereocenters. The number of benzene rings is 1. The van der Waals surface area contributed by atoms with Gasteiger partial charge < -0.3 is 10.3 Å². The molecule has 4 nitrogen and oxygen atoms in total. The first-order valence-corrected chi connectivity index (χ1v) is 8.25. The van der Waals surface area contributed by atoms with Crippen molar-refractivity contribution in [2.45, 2.75) is 44.4 Å². The van der Waals surface area contributed by atoms with Gasteiger partial charge in [0.05, 0.1) is 5.41 Å². The van der Waals surface area contributed by atoms with E-state index in [4.69, 9.17) is 10.3 Å². The zero-order chi connectivity index (χ0) is 14.9. The smallest absolute Gasteiger partial charge is 0.234 e. The van der Waals surface area contributed by atoms with Gasteiger partial charge >= 0.3 is 0 Å². The molecule has 0 amide bonds. The Labute approximate surface area is 133 Å². The summed E-state index contributed by atoms with van der Waals surface area (Å²) in [5.41, 5.74) is 8.06. The maximum Gasteiger partial charge on any atom is 0.234 e. The van der Waals surface area contributed by atoms with Gasteiger partial charge in [-0.05, 0) is 37.5 Å². The maximum atomic E-state index is 6.03. The van der Waals surface area contributed by atoms with Gasteiger partial charge in [0.15, 0.2) is 0 Å². The van der Waals surface area contributed by atoms with E-state index in [-0.39, 0.29) is 5.41 Å². The average molecular weight is 350 g/mol. The molecule has 3 rings (SSSR count). The molecular formula is C16H20BrN3O. The number of nitrogens with two attached hydrogens (primary N) is 1. The van der Waals surface area contributed by atoms with Crippen molar-refractivity contribution in [3.8, 4) is 11.4 Å². The number of aromatic nitrogens is 2. The number of hydrogen-bond acceptors (Lipinski definition) is 4. The second-order valence-corrected chi connectivity index (χ2v) is 6.81. The molecule has 1 aromatic carbocycles. The molecule has 2 aromatic rings. The zero-order valence-electron chi connectivity index (χ0n) is 12.2. The third kappa shape index (κ3) is 2.77. The fourth-order valence-electron chi connectivity index (χ4n) is 3.08. The summed E-state index contributed by atoms with van der Waals surface area (Å²) < 4.78 is 6.56. The number of rotatable bonds is 3. The van der Waals surface area contributed by atoms with Crippen LogP contribution in [0.25, 0.3) is 11.4 Å². The van der Waals surface area contributed by atoms with Gasteiger partial charge in [0, 0.05) is 16.6 Å². The van der Waals surface area contributed by atoms with Crippen molar-refractivity contribution in [3.63, 3.8) is 0 Å². The Hall–Kier alpha value is -1.20. The van der Waals surface area contributed by atoms with Crippen molar-refractivity contribution >= 4 is 15.9 Å². The third-order valence-electron chi connectivity index (χ3n) is 4.45. The SMILES string of the molecule is Cc1ccc(-c2noc(C3(CN)CCCCC3)n2)c(Br)c1. The molecule has 112 valence electrons. The normalized spacial score (nSPS) is 17.9. The van der Waals surface area contributed by atoms with Crippen molar-refractivity contribution in [2.75, 3.05) is 6.54 Å². The quantitative estimate of drug-likeness (QED) is 0.910. The molecule has 0 bridgehead atoms. The zero-order valence-corrected chi connectivity index (χ0v) is 13.8. The highest BCUT2D eigenvalue weighted by atomic mass is 79.9. The lowest BCUT2D eigenvalue weighted by atomic mass is 9.74. The van der Waals surface area contributed by atoms with E-state index in [9.17, 15) is 0 Å². The van der Waals surface area contributed by atoms with Crippen LogP contribution in [0.5, 0.6) is 0 Å². The molecule has 0 aliphatic heterocycles. The minimum atomic E-state index is -0.124. The van der Waals surface area contributed by atoms with E-state index >= 15 is 0 Å². The Morgan fingerprint density at radius 1 is 1.29 bits per heavy atom. The van der Waals surface area contributed by atoms with Gasteiger partial charge in [-0.25, -0.2) is 0 Å². The van der Waals surface area contributed by atoms with E-state index in [1.807, 2.05) is 6.07 Å². The summed E-state index contributed by atoms with van der Waals surface area (Å²) in [6.07, 6.45) is 5.72. The molecule has 2 N–H and O–H groups in total. The summed E-state index contributed by atoms with van der Waals surface area (Å²) in [5, 5.41) is 4.17. The molecule has 0 saturated heterocycles. The predicted octanol–water partition coefficient (Wildman–Crippen LogP) is 3.97. The standard InChI is InChI=1S/C16H20BrN3O/c1-11-5-6-12(13(17)9-11)14-19-15(21-20-14)16(10-18)7-3-2-4-8-16/h5-6,9H,2-4,7-8,10,18H2,1H3. The van der Waals surface area contributed by atoms with Gasteiger partial charge in [0.2, 0.25) is 11.7 Å². The van der Waals surface area contributed by atoms with Crippen LogP contribution in [0.4, 0.5) is 0 Å². The highest BCUT2D eigenvalue weighted by Crippen LogP contribution is 2.38. The summed E-state index contributed by atoms with van der Waals surface area (Å²) in [4.78, 5) is 4.65. The summed E-state index contributed by atoms with van der Waals surface area (Å²) >= 11 is 3.57. The maximum absolute atomic E-state index is 6.03. The van der Waals surface area contributed by atoms with E-state index in [0.29, 0.717) is 18.3 Å². The first-order chi connectivity index (χ1) is 10.1. The molecule has 1 saturated carbocycles. The van der Waals surface area contributed by atoms with Gasteiger partial charge in [-0.1, -0.05) is 46.4 Å². The van der Waals surface area contributed by atoms with E-state index in [2.05, 4.69) is 45.1 Å². The molecule has 0 atom stereocenters. The lowest BCUT2D eigenvalue weighted by Crippen LogP contribution is -2.37. The van der Waals surface area contributed by atoms with Crippen molar-refractivity contribution in [3.05, 3.63) is 34.1 Å². The number of hydrogen-bond donors (Lipinski definition) is 1. The fraction of sp³-hybridized carbons (Fsp3) is 0.500. The molecule has 1 aliphatic rings. The molecule has 21 heavy (non-hydrogen) atoms. The molecule has 0 radical (unpaired) electrons. The van der Waals surface area contributed by atoms with Crippen LogP contribution >= 0.6 is 15.9 Å². The molecule has 1 aromatic heterocycles. The average Bonchev–Trinajstić information content (AvgIpc) is 2.98. The van der Waals surface area contributed by atoms with Gasteiger partial charge in [-0.3, -0.25) is 0 Å². The van der Waals surface area contributed by atoms with Gasteiger partial charge in [0.25, 0.3) is 0 Å². The van der Waals surface area contributed by atoms with Crippen LogP contribution in [0.3, 0.4) is 0 Å². The lowest BCUT2D eigenvalue weighted by molar-refractivity contribution is 0.220. The molecule has 1 fully saturated rings. The van der Waals surface area contributed by atoms with Gasteiger partial charge in [-0.2, -0.15) is 4.98 Å². The van der Waals surface area contributed by atoms with E-state index in [1.54, 1.807) is 0 Å². The summed E-state index contributed by atoms with van der Waals surface area (Å²) in [6, 6.07) is 6.13. The summed E-state index contributed by atoms with van der Waals surface area (Å²) in [7, 11) is 0. The van der Waals surface area contributed by atoms with Crippen LogP contribution in [0.15, 0.2) is 27.2 Å². The van der Waals surface area contributed by atoms with Crippen LogP contribution in [0.2, 0.25) is 0 Å². The van der Waals surface area contributed by atoms with Gasteiger partial charge in [0.1, 0.15) is 0 Å². The molecular weight excluding hydrogens is 330 g/mol. The van der Waals surface area contributed by atoms with Crippen molar-refractivity contribution in [1.82, 2.24) is 10.1 Å². The number of halogens is 1. The van der Waals surface area contributed by atoms with Crippen LogP contribution in [-0.4, -0.2) is 16.7 Å². The Morgan fingerprint density at radius 3 is 2.71 bits per heavy atom. The van der Waals surface area contributed by atoms with Crippen LogP contribution < -0.4 is 5.73 Å². The molecule has 5 heteroatoms. The minimum absolute atomic E-state index is 0.124. The number of nitrogens with zero attached hydrogens (tertiary/aromatic N) is 2. The largest absolute Gasteiger partial charge is 0.338 e. The molecule has 1 aliphatic carbocycles. The van der Waals surface area contributed by atoms with E-state index < -0.39 is 0 Å². The topological polar surface area (TPSA) is 64.9 Å².